The number of aliphatic carboxylic acids is 1. The molecule has 0 aliphatic carbocycles. The van der Waals surface area contributed by atoms with Gasteiger partial charge in [0.25, 0.3) is 0 Å². The molecule has 7 heteroatoms. The van der Waals surface area contributed by atoms with E-state index in [0.717, 1.165) is 22.3 Å². The summed E-state index contributed by atoms with van der Waals surface area (Å²) >= 11 is 0. The second kappa shape index (κ2) is 8.85. The lowest BCUT2D eigenvalue weighted by Crippen LogP contribution is -2.45. The predicted molar refractivity (Wildman–Crippen MR) is 129 cm³/mol. The zero-order valence-corrected chi connectivity index (χ0v) is 20.3. The molecule has 1 N–H and O–H groups in total. The Kier molecular flexibility index (Phi) is 6.23. The number of pyridine rings is 1. The van der Waals surface area contributed by atoms with Gasteiger partial charge in [0.1, 0.15) is 11.5 Å². The molecule has 2 aromatic heterocycles. The Hall–Kier alpha value is -3.22. The maximum absolute atomic E-state index is 13.9. The molecule has 0 bridgehead atoms. The zero-order chi connectivity index (χ0) is 24.7. The van der Waals surface area contributed by atoms with Crippen molar-refractivity contribution >= 4 is 22.9 Å². The average Bonchev–Trinajstić information content (AvgIpc) is 3.05. The maximum Gasteiger partial charge on any atom is 0.303 e. The highest BCUT2D eigenvalue weighted by molar-refractivity contribution is 5.85. The van der Waals surface area contributed by atoms with E-state index < -0.39 is 11.4 Å². The number of benzene rings is 1. The second-order valence-electron chi connectivity index (χ2n) is 10.8. The monoisotopic (exact) mass is 465 g/mol. The van der Waals surface area contributed by atoms with Crippen LogP contribution in [0.2, 0.25) is 0 Å². The van der Waals surface area contributed by atoms with E-state index >= 15 is 0 Å². The number of aromatic nitrogens is 2. The molecule has 0 saturated carbocycles. The van der Waals surface area contributed by atoms with Crippen LogP contribution in [0.1, 0.15) is 63.8 Å². The quantitative estimate of drug-likeness (QED) is 0.525. The van der Waals surface area contributed by atoms with E-state index in [4.69, 9.17) is 5.11 Å². The highest BCUT2D eigenvalue weighted by Gasteiger charge is 2.38. The number of halogens is 1. The van der Waals surface area contributed by atoms with Crippen LogP contribution in [0.3, 0.4) is 0 Å². The van der Waals surface area contributed by atoms with Crippen LogP contribution in [0.15, 0.2) is 42.6 Å². The smallest absolute Gasteiger partial charge is 0.303 e. The molecule has 0 saturated heterocycles. The van der Waals surface area contributed by atoms with Crippen molar-refractivity contribution in [2.24, 2.45) is 5.41 Å². The second-order valence-corrected chi connectivity index (χ2v) is 10.8. The highest BCUT2D eigenvalue weighted by atomic mass is 19.1. The molecule has 1 aliphatic heterocycles. The van der Waals surface area contributed by atoms with E-state index in [1.807, 2.05) is 30.9 Å². The third-order valence-electron chi connectivity index (χ3n) is 6.76. The van der Waals surface area contributed by atoms with Gasteiger partial charge in [-0.3, -0.25) is 9.59 Å². The van der Waals surface area contributed by atoms with Crippen molar-refractivity contribution in [3.8, 4) is 0 Å². The number of hydrogen-bond donors (Lipinski definition) is 1. The van der Waals surface area contributed by atoms with Gasteiger partial charge < -0.3 is 14.6 Å². The van der Waals surface area contributed by atoms with E-state index in [0.29, 0.717) is 32.5 Å². The lowest BCUT2D eigenvalue weighted by atomic mass is 9.79. The van der Waals surface area contributed by atoms with Crippen molar-refractivity contribution in [2.75, 3.05) is 6.54 Å². The lowest BCUT2D eigenvalue weighted by Gasteiger charge is -2.39. The third-order valence-corrected chi connectivity index (χ3v) is 6.76. The molecule has 3 heterocycles. The van der Waals surface area contributed by atoms with Gasteiger partial charge >= 0.3 is 5.97 Å². The molecule has 0 radical (unpaired) electrons. The van der Waals surface area contributed by atoms with Crippen LogP contribution in [0.5, 0.6) is 0 Å². The molecule has 34 heavy (non-hydrogen) atoms. The largest absolute Gasteiger partial charge is 0.481 e. The van der Waals surface area contributed by atoms with Crippen LogP contribution in [-0.2, 0) is 28.1 Å². The van der Waals surface area contributed by atoms with Gasteiger partial charge in [-0.1, -0.05) is 39.8 Å². The van der Waals surface area contributed by atoms with Gasteiger partial charge in [-0.05, 0) is 47.2 Å². The average molecular weight is 466 g/mol. The summed E-state index contributed by atoms with van der Waals surface area (Å²) < 4.78 is 16.0. The standard InChI is InChI=1S/C27H32FN3O3/c1-26(2,14-23(33)34)11-10-22(32)30-16-21-24(27(3,4)17-30)20-9-6-12-29-25(20)31(21)15-18-7-5-8-19(28)13-18/h5-9,12-13H,10-11,14-17H2,1-4H3,(H,33,34). The van der Waals surface area contributed by atoms with E-state index in [1.54, 1.807) is 12.3 Å². The van der Waals surface area contributed by atoms with Crippen molar-refractivity contribution in [1.29, 1.82) is 0 Å². The van der Waals surface area contributed by atoms with Crippen LogP contribution in [0.4, 0.5) is 4.39 Å². The Labute approximate surface area is 199 Å². The van der Waals surface area contributed by atoms with Crippen molar-refractivity contribution in [3.63, 3.8) is 0 Å². The Balaban J connectivity index is 1.68. The molecular weight excluding hydrogens is 433 g/mol. The van der Waals surface area contributed by atoms with Crippen molar-refractivity contribution < 1.29 is 19.1 Å². The molecule has 4 rings (SSSR count). The number of carboxylic acids is 1. The Bertz CT molecular complexity index is 1250. The normalized spacial score (nSPS) is 15.4. The summed E-state index contributed by atoms with van der Waals surface area (Å²) in [6.45, 7) is 9.53. The molecule has 0 fully saturated rings. The predicted octanol–water partition coefficient (Wildman–Crippen LogP) is 5.12. The Morgan fingerprint density at radius 1 is 1.21 bits per heavy atom. The summed E-state index contributed by atoms with van der Waals surface area (Å²) in [6, 6.07) is 10.5. The Morgan fingerprint density at radius 2 is 1.97 bits per heavy atom. The van der Waals surface area contributed by atoms with Crippen LogP contribution in [0.25, 0.3) is 11.0 Å². The van der Waals surface area contributed by atoms with Gasteiger partial charge in [-0.15, -0.1) is 0 Å². The minimum Gasteiger partial charge on any atom is -0.481 e. The first kappa shape index (κ1) is 23.9. The number of rotatable bonds is 7. The number of nitrogens with zero attached hydrogens (tertiary/aromatic N) is 3. The van der Waals surface area contributed by atoms with Gasteiger partial charge in [-0.2, -0.15) is 0 Å². The van der Waals surface area contributed by atoms with Crippen LogP contribution >= 0.6 is 0 Å². The molecule has 6 nitrogen and oxygen atoms in total. The number of hydrogen-bond acceptors (Lipinski definition) is 3. The first-order chi connectivity index (χ1) is 16.0. The van der Waals surface area contributed by atoms with Crippen LogP contribution in [-0.4, -0.2) is 38.0 Å². The molecule has 0 unspecified atom stereocenters. The highest BCUT2D eigenvalue weighted by Crippen LogP contribution is 2.40. The summed E-state index contributed by atoms with van der Waals surface area (Å²) in [6.07, 6.45) is 2.60. The Morgan fingerprint density at radius 3 is 2.68 bits per heavy atom. The summed E-state index contributed by atoms with van der Waals surface area (Å²) in [4.78, 5) is 30.9. The molecule has 180 valence electrons. The summed E-state index contributed by atoms with van der Waals surface area (Å²) in [7, 11) is 0. The molecular formula is C27H32FN3O3. The first-order valence-electron chi connectivity index (χ1n) is 11.7. The first-order valence-corrected chi connectivity index (χ1v) is 11.7. The summed E-state index contributed by atoms with van der Waals surface area (Å²) in [5.74, 6) is -1.11. The fourth-order valence-electron chi connectivity index (χ4n) is 5.20. The molecule has 3 aromatic rings. The fourth-order valence-corrected chi connectivity index (χ4v) is 5.20. The van der Waals surface area contributed by atoms with Crippen molar-refractivity contribution in [1.82, 2.24) is 14.5 Å². The van der Waals surface area contributed by atoms with E-state index in [1.165, 1.54) is 17.7 Å². The third kappa shape index (κ3) is 4.83. The molecule has 1 aromatic carbocycles. The van der Waals surface area contributed by atoms with Crippen molar-refractivity contribution in [3.05, 3.63) is 65.2 Å². The van der Waals surface area contributed by atoms with Gasteiger partial charge in [0, 0.05) is 42.2 Å². The number of carbonyl (C=O) groups excluding carboxylic acids is 1. The van der Waals surface area contributed by atoms with Gasteiger partial charge in [0.15, 0.2) is 0 Å². The van der Waals surface area contributed by atoms with Gasteiger partial charge in [0.2, 0.25) is 5.91 Å². The molecule has 0 spiro atoms. The van der Waals surface area contributed by atoms with E-state index in [2.05, 4.69) is 29.5 Å². The van der Waals surface area contributed by atoms with Crippen LogP contribution in [0, 0.1) is 11.2 Å². The lowest BCUT2D eigenvalue weighted by molar-refractivity contribution is -0.140. The van der Waals surface area contributed by atoms with Gasteiger partial charge in [0.05, 0.1) is 13.0 Å². The zero-order valence-electron chi connectivity index (χ0n) is 20.3. The van der Waals surface area contributed by atoms with E-state index in [9.17, 15) is 14.0 Å². The minimum absolute atomic E-state index is 0.0210. The molecule has 1 amide bonds. The number of fused-ring (bicyclic) bond motifs is 3. The maximum atomic E-state index is 13.9. The molecule has 1 aliphatic rings. The SMILES string of the molecule is CC(C)(CCC(=O)N1Cc2c(c3cccnc3n2Cc2cccc(F)c2)C(C)(C)C1)CC(=O)O. The number of amides is 1. The van der Waals surface area contributed by atoms with Gasteiger partial charge in [-0.25, -0.2) is 9.37 Å². The van der Waals surface area contributed by atoms with E-state index in [-0.39, 0.29) is 23.6 Å². The van der Waals surface area contributed by atoms with Crippen LogP contribution < -0.4 is 0 Å². The molecule has 0 atom stereocenters. The number of carboxylic acid groups (broad SMARTS) is 1. The number of carbonyl (C=O) groups is 2. The fraction of sp³-hybridized carbons (Fsp3) is 0.444. The summed E-state index contributed by atoms with van der Waals surface area (Å²) in [5, 5.41) is 10.2. The minimum atomic E-state index is -0.851. The topological polar surface area (TPSA) is 75.4 Å². The van der Waals surface area contributed by atoms with Crippen molar-refractivity contribution in [2.45, 2.75) is 65.5 Å². The summed E-state index contributed by atoms with van der Waals surface area (Å²) in [5.41, 5.74) is 3.13.